The molecule has 3 N–H and O–H groups in total. The van der Waals surface area contributed by atoms with Crippen LogP contribution in [0.4, 0.5) is 4.79 Å². The van der Waals surface area contributed by atoms with Crippen molar-refractivity contribution in [2.45, 2.75) is 51.6 Å². The van der Waals surface area contributed by atoms with Gasteiger partial charge in [0.25, 0.3) is 0 Å². The van der Waals surface area contributed by atoms with Crippen LogP contribution in [0.3, 0.4) is 0 Å². The summed E-state index contributed by atoms with van der Waals surface area (Å²) in [5.74, 6) is 0.0840. The van der Waals surface area contributed by atoms with Crippen LogP contribution in [-0.4, -0.2) is 49.5 Å². The molecular formula is C27H35N3O4S. The fraction of sp³-hybridized carbons (Fsp3) is 0.444. The molecule has 0 unspecified atom stereocenters. The molecule has 0 bridgehead atoms. The molecule has 7 nitrogen and oxygen atoms in total. The number of nitrogens with one attached hydrogen (secondary N) is 3. The molecule has 0 heterocycles. The van der Waals surface area contributed by atoms with Crippen molar-refractivity contribution in [3.63, 3.8) is 0 Å². The summed E-state index contributed by atoms with van der Waals surface area (Å²) in [6, 6.07) is 16.2. The van der Waals surface area contributed by atoms with Crippen molar-refractivity contribution in [1.82, 2.24) is 16.0 Å². The van der Waals surface area contributed by atoms with Gasteiger partial charge in [-0.3, -0.25) is 4.79 Å². The van der Waals surface area contributed by atoms with E-state index in [2.05, 4.69) is 58.8 Å². The Hall–Kier alpha value is -3.13. The van der Waals surface area contributed by atoms with Crippen LogP contribution in [0.2, 0.25) is 0 Å². The average molecular weight is 498 g/mol. The van der Waals surface area contributed by atoms with Gasteiger partial charge in [-0.2, -0.15) is 0 Å². The number of carbonyl (C=O) groups is 2. The number of thiocarbonyl (C=S) groups is 1. The van der Waals surface area contributed by atoms with E-state index in [1.807, 2.05) is 31.2 Å². The number of fused-ring (bicyclic) bond motifs is 3. The third-order valence-electron chi connectivity index (χ3n) is 6.01. The fourth-order valence-electron chi connectivity index (χ4n) is 4.44. The number of rotatable bonds is 10. The quantitative estimate of drug-likeness (QED) is 0.332. The fourth-order valence-corrected chi connectivity index (χ4v) is 4.73. The molecule has 188 valence electrons. The SMILES string of the molecule is COC(=O)C[C@H](C)NC(=S)NC[C@H](CC(C)C)NC(=O)OCC1c2ccccc2-c2ccccc21. The first-order chi connectivity index (χ1) is 16.8. The highest BCUT2D eigenvalue weighted by molar-refractivity contribution is 7.80. The lowest BCUT2D eigenvalue weighted by Crippen LogP contribution is -2.48. The van der Waals surface area contributed by atoms with Crippen LogP contribution in [0.25, 0.3) is 11.1 Å². The van der Waals surface area contributed by atoms with E-state index in [4.69, 9.17) is 17.0 Å². The molecule has 1 aliphatic rings. The van der Waals surface area contributed by atoms with E-state index >= 15 is 0 Å². The lowest BCUT2D eigenvalue weighted by atomic mass is 9.98. The maximum atomic E-state index is 12.7. The Morgan fingerprint density at radius 2 is 1.57 bits per heavy atom. The Bertz CT molecular complexity index is 997. The molecule has 0 saturated heterocycles. The third kappa shape index (κ3) is 7.42. The molecule has 1 aliphatic carbocycles. The minimum Gasteiger partial charge on any atom is -0.469 e. The van der Waals surface area contributed by atoms with Gasteiger partial charge in [0, 0.05) is 24.5 Å². The van der Waals surface area contributed by atoms with E-state index in [0.717, 1.165) is 6.42 Å². The zero-order valence-corrected chi connectivity index (χ0v) is 21.6. The van der Waals surface area contributed by atoms with E-state index in [1.54, 1.807) is 0 Å². The molecule has 0 spiro atoms. The van der Waals surface area contributed by atoms with E-state index in [-0.39, 0.29) is 37.0 Å². The van der Waals surface area contributed by atoms with Gasteiger partial charge in [-0.05, 0) is 53.7 Å². The maximum Gasteiger partial charge on any atom is 0.407 e. The van der Waals surface area contributed by atoms with Crippen molar-refractivity contribution in [3.8, 4) is 11.1 Å². The Morgan fingerprint density at radius 3 is 2.14 bits per heavy atom. The topological polar surface area (TPSA) is 88.7 Å². The van der Waals surface area contributed by atoms with Gasteiger partial charge < -0.3 is 25.4 Å². The van der Waals surface area contributed by atoms with Crippen molar-refractivity contribution >= 4 is 29.4 Å². The van der Waals surface area contributed by atoms with Crippen LogP contribution >= 0.6 is 12.2 Å². The number of amides is 1. The van der Waals surface area contributed by atoms with Gasteiger partial charge in [-0.25, -0.2) is 4.79 Å². The molecule has 0 fully saturated rings. The lowest BCUT2D eigenvalue weighted by Gasteiger charge is -2.23. The van der Waals surface area contributed by atoms with Crippen molar-refractivity contribution in [2.75, 3.05) is 20.3 Å². The van der Waals surface area contributed by atoms with E-state index in [9.17, 15) is 9.59 Å². The van der Waals surface area contributed by atoms with Crippen molar-refractivity contribution in [1.29, 1.82) is 0 Å². The summed E-state index contributed by atoms with van der Waals surface area (Å²) in [7, 11) is 1.36. The highest BCUT2D eigenvalue weighted by Crippen LogP contribution is 2.44. The molecule has 0 aliphatic heterocycles. The van der Waals surface area contributed by atoms with Gasteiger partial charge in [0.1, 0.15) is 6.61 Å². The second-order valence-corrected chi connectivity index (χ2v) is 9.74. The zero-order valence-electron chi connectivity index (χ0n) is 20.8. The number of hydrogen-bond acceptors (Lipinski definition) is 5. The first-order valence-corrected chi connectivity index (χ1v) is 12.4. The summed E-state index contributed by atoms with van der Waals surface area (Å²) >= 11 is 5.34. The first kappa shape index (κ1) is 26.5. The van der Waals surface area contributed by atoms with Gasteiger partial charge in [0.15, 0.2) is 5.11 Å². The number of hydrogen-bond donors (Lipinski definition) is 3. The van der Waals surface area contributed by atoms with Gasteiger partial charge >= 0.3 is 12.1 Å². The highest BCUT2D eigenvalue weighted by atomic mass is 32.1. The molecule has 8 heteroatoms. The number of benzene rings is 2. The molecule has 0 saturated carbocycles. The predicted molar refractivity (Wildman–Crippen MR) is 141 cm³/mol. The van der Waals surface area contributed by atoms with Crippen LogP contribution in [-0.2, 0) is 14.3 Å². The summed E-state index contributed by atoms with van der Waals surface area (Å²) in [6.07, 6.45) is 0.528. The number of alkyl carbamates (subject to hydrolysis) is 1. The van der Waals surface area contributed by atoms with Crippen LogP contribution in [0.1, 0.15) is 50.7 Å². The van der Waals surface area contributed by atoms with Crippen LogP contribution in [0.5, 0.6) is 0 Å². The van der Waals surface area contributed by atoms with Crippen molar-refractivity contribution in [2.24, 2.45) is 5.92 Å². The highest BCUT2D eigenvalue weighted by Gasteiger charge is 2.29. The molecule has 2 aromatic rings. The van der Waals surface area contributed by atoms with Gasteiger partial charge in [-0.15, -0.1) is 0 Å². The zero-order chi connectivity index (χ0) is 25.4. The van der Waals surface area contributed by atoms with Crippen LogP contribution in [0, 0.1) is 5.92 Å². The van der Waals surface area contributed by atoms with E-state index in [0.29, 0.717) is 17.6 Å². The minimum atomic E-state index is -0.447. The largest absolute Gasteiger partial charge is 0.469 e. The number of ether oxygens (including phenoxy) is 2. The van der Waals surface area contributed by atoms with Gasteiger partial charge in [0.2, 0.25) is 0 Å². The number of esters is 1. The van der Waals surface area contributed by atoms with E-state index < -0.39 is 6.09 Å². The minimum absolute atomic E-state index is 0.0166. The monoisotopic (exact) mass is 497 g/mol. The summed E-state index contributed by atoms with van der Waals surface area (Å²) in [5, 5.41) is 9.61. The first-order valence-electron chi connectivity index (χ1n) is 12.0. The number of carbonyl (C=O) groups excluding carboxylic acids is 2. The molecular weight excluding hydrogens is 462 g/mol. The Morgan fingerprint density at radius 1 is 0.971 bits per heavy atom. The second kappa shape index (κ2) is 12.5. The van der Waals surface area contributed by atoms with Gasteiger partial charge in [-0.1, -0.05) is 62.4 Å². The summed E-state index contributed by atoms with van der Waals surface area (Å²) in [5.41, 5.74) is 4.75. The average Bonchev–Trinajstić information content (AvgIpc) is 3.14. The van der Waals surface area contributed by atoms with Crippen molar-refractivity contribution in [3.05, 3.63) is 59.7 Å². The molecule has 0 radical (unpaired) electrons. The smallest absolute Gasteiger partial charge is 0.407 e. The number of methoxy groups -OCH3 is 1. The second-order valence-electron chi connectivity index (χ2n) is 9.33. The van der Waals surface area contributed by atoms with Crippen molar-refractivity contribution < 1.29 is 19.1 Å². The van der Waals surface area contributed by atoms with Gasteiger partial charge in [0.05, 0.1) is 13.5 Å². The summed E-state index contributed by atoms with van der Waals surface area (Å²) in [6.45, 7) is 6.76. The molecule has 0 aromatic heterocycles. The van der Waals surface area contributed by atoms with E-state index in [1.165, 1.54) is 29.4 Å². The Kier molecular flexibility index (Phi) is 9.48. The molecule has 2 atom stereocenters. The molecule has 1 amide bonds. The van der Waals surface area contributed by atoms with Crippen LogP contribution < -0.4 is 16.0 Å². The summed E-state index contributed by atoms with van der Waals surface area (Å²) in [4.78, 5) is 24.1. The van der Waals surface area contributed by atoms with Crippen LogP contribution in [0.15, 0.2) is 48.5 Å². The summed E-state index contributed by atoms with van der Waals surface area (Å²) < 4.78 is 10.4. The normalized spacial score (nSPS) is 13.9. The molecule has 35 heavy (non-hydrogen) atoms. The molecule has 3 rings (SSSR count). The maximum absolute atomic E-state index is 12.7. The third-order valence-corrected chi connectivity index (χ3v) is 6.27. The molecule has 2 aromatic carbocycles. The Balaban J connectivity index is 1.53. The predicted octanol–water partition coefficient (Wildman–Crippen LogP) is 4.36. The standard InChI is InChI=1S/C27H35N3O4S/c1-17(2)13-19(15-28-26(35)29-18(3)14-25(31)33-4)30-27(32)34-16-24-22-11-7-5-9-20(22)21-10-6-8-12-23(21)24/h5-12,17-19,24H,13-16H2,1-4H3,(H,30,32)(H2,28,29,35)/t18-,19-/m0/s1. The Labute approximate surface area is 213 Å². The lowest BCUT2D eigenvalue weighted by molar-refractivity contribution is -0.141.